The minimum absolute atomic E-state index is 0.659. The number of pyridine rings is 1. The predicted octanol–water partition coefficient (Wildman–Crippen LogP) is 4.50. The van der Waals surface area contributed by atoms with Crippen molar-refractivity contribution in [3.63, 3.8) is 0 Å². The van der Waals surface area contributed by atoms with E-state index in [4.69, 9.17) is 4.74 Å². The van der Waals surface area contributed by atoms with Crippen LogP contribution in [-0.2, 0) is 0 Å². The molecule has 0 radical (unpaired) electrons. The fourth-order valence-electron chi connectivity index (χ4n) is 1.99. The monoisotopic (exact) mass is 264 g/mol. The normalized spacial score (nSPS) is 10.7. The molecule has 19 heavy (non-hydrogen) atoms. The van der Waals surface area contributed by atoms with Crippen molar-refractivity contribution < 1.29 is 4.74 Å². The molecule has 0 aliphatic rings. The van der Waals surface area contributed by atoms with Gasteiger partial charge in [-0.15, -0.1) is 0 Å². The Morgan fingerprint density at radius 3 is 2.68 bits per heavy atom. The number of unbranched alkanes of at least 4 members (excludes halogenated alkanes) is 3. The van der Waals surface area contributed by atoms with Gasteiger partial charge in [0.2, 0.25) is 5.88 Å². The van der Waals surface area contributed by atoms with Crippen LogP contribution in [0.3, 0.4) is 0 Å². The van der Waals surface area contributed by atoms with E-state index in [1.807, 2.05) is 25.1 Å². The topological polar surface area (TPSA) is 34.1 Å². The number of nitrogens with one attached hydrogen (secondary N) is 1. The fourth-order valence-corrected chi connectivity index (χ4v) is 1.99. The number of rotatable bonds is 10. The number of anilines is 1. The molecule has 3 heteroatoms. The SMILES string of the molecule is CCOc1cccc(NCCCCCCC(C)C)n1. The highest BCUT2D eigenvalue weighted by atomic mass is 16.5. The summed E-state index contributed by atoms with van der Waals surface area (Å²) in [6.07, 6.45) is 6.55. The van der Waals surface area contributed by atoms with Crippen LogP contribution in [0.1, 0.15) is 52.9 Å². The van der Waals surface area contributed by atoms with Gasteiger partial charge in [-0.05, 0) is 25.3 Å². The van der Waals surface area contributed by atoms with E-state index in [-0.39, 0.29) is 0 Å². The Morgan fingerprint density at radius 2 is 1.95 bits per heavy atom. The highest BCUT2D eigenvalue weighted by Crippen LogP contribution is 2.12. The Morgan fingerprint density at radius 1 is 1.16 bits per heavy atom. The maximum atomic E-state index is 5.38. The first kappa shape index (κ1) is 15.8. The van der Waals surface area contributed by atoms with Crippen LogP contribution in [-0.4, -0.2) is 18.1 Å². The van der Waals surface area contributed by atoms with Gasteiger partial charge < -0.3 is 10.1 Å². The zero-order valence-corrected chi connectivity index (χ0v) is 12.6. The maximum absolute atomic E-state index is 5.38. The Bertz CT molecular complexity index is 339. The molecule has 0 aliphatic carbocycles. The summed E-state index contributed by atoms with van der Waals surface area (Å²) in [6.45, 7) is 8.20. The first-order valence-electron chi connectivity index (χ1n) is 7.56. The molecule has 1 aromatic heterocycles. The number of nitrogens with zero attached hydrogens (tertiary/aromatic N) is 1. The van der Waals surface area contributed by atoms with Crippen molar-refractivity contribution in [3.8, 4) is 5.88 Å². The first-order chi connectivity index (χ1) is 9.22. The van der Waals surface area contributed by atoms with E-state index >= 15 is 0 Å². The Kier molecular flexibility index (Phi) is 8.03. The molecule has 0 bridgehead atoms. The summed E-state index contributed by atoms with van der Waals surface area (Å²) in [5.41, 5.74) is 0. The average Bonchev–Trinajstić information content (AvgIpc) is 2.38. The number of hydrogen-bond donors (Lipinski definition) is 1. The minimum Gasteiger partial charge on any atom is -0.478 e. The van der Waals surface area contributed by atoms with Gasteiger partial charge in [0.25, 0.3) is 0 Å². The van der Waals surface area contributed by atoms with Crippen molar-refractivity contribution >= 4 is 5.82 Å². The van der Waals surface area contributed by atoms with Gasteiger partial charge in [0, 0.05) is 12.6 Å². The lowest BCUT2D eigenvalue weighted by molar-refractivity contribution is 0.327. The summed E-state index contributed by atoms with van der Waals surface area (Å²) in [5, 5.41) is 3.35. The second-order valence-electron chi connectivity index (χ2n) is 5.32. The molecule has 0 atom stereocenters. The van der Waals surface area contributed by atoms with Crippen molar-refractivity contribution in [3.05, 3.63) is 18.2 Å². The maximum Gasteiger partial charge on any atom is 0.215 e. The highest BCUT2D eigenvalue weighted by molar-refractivity contribution is 5.36. The molecule has 0 saturated carbocycles. The van der Waals surface area contributed by atoms with Crippen molar-refractivity contribution in [2.24, 2.45) is 5.92 Å². The van der Waals surface area contributed by atoms with Crippen molar-refractivity contribution in [1.82, 2.24) is 4.98 Å². The smallest absolute Gasteiger partial charge is 0.215 e. The molecule has 1 N–H and O–H groups in total. The van der Waals surface area contributed by atoms with E-state index in [1.165, 1.54) is 32.1 Å². The number of hydrogen-bond acceptors (Lipinski definition) is 3. The Balaban J connectivity index is 2.10. The molecule has 0 fully saturated rings. The lowest BCUT2D eigenvalue weighted by atomic mass is 10.0. The van der Waals surface area contributed by atoms with E-state index in [0.717, 1.165) is 18.3 Å². The van der Waals surface area contributed by atoms with E-state index < -0.39 is 0 Å². The zero-order chi connectivity index (χ0) is 13.9. The van der Waals surface area contributed by atoms with Gasteiger partial charge in [-0.25, -0.2) is 0 Å². The van der Waals surface area contributed by atoms with Gasteiger partial charge >= 0.3 is 0 Å². The standard InChI is InChI=1S/C16H28N2O/c1-4-19-16-12-9-11-15(18-16)17-13-8-6-5-7-10-14(2)3/h9,11-12,14H,4-8,10,13H2,1-3H3,(H,17,18). The van der Waals surface area contributed by atoms with Gasteiger partial charge in [-0.1, -0.05) is 45.6 Å². The molecule has 1 aromatic rings. The zero-order valence-electron chi connectivity index (χ0n) is 12.6. The molecule has 1 heterocycles. The van der Waals surface area contributed by atoms with E-state index in [9.17, 15) is 0 Å². The van der Waals surface area contributed by atoms with Crippen LogP contribution in [0.25, 0.3) is 0 Å². The molecule has 0 aromatic carbocycles. The highest BCUT2D eigenvalue weighted by Gasteiger charge is 1.98. The summed E-state index contributed by atoms with van der Waals surface area (Å²) in [5.74, 6) is 2.45. The molecule has 3 nitrogen and oxygen atoms in total. The van der Waals surface area contributed by atoms with E-state index in [0.29, 0.717) is 12.5 Å². The molecule has 0 unspecified atom stereocenters. The summed E-state index contributed by atoms with van der Waals surface area (Å²) in [7, 11) is 0. The van der Waals surface area contributed by atoms with Crippen LogP contribution in [0.15, 0.2) is 18.2 Å². The molecule has 1 rings (SSSR count). The Labute approximate surface area is 117 Å². The van der Waals surface area contributed by atoms with Gasteiger partial charge in [0.15, 0.2) is 0 Å². The largest absolute Gasteiger partial charge is 0.478 e. The van der Waals surface area contributed by atoms with Crippen LogP contribution >= 0.6 is 0 Å². The van der Waals surface area contributed by atoms with Crippen LogP contribution in [0, 0.1) is 5.92 Å². The number of ether oxygens (including phenoxy) is 1. The molecule has 0 spiro atoms. The summed E-state index contributed by atoms with van der Waals surface area (Å²) in [6, 6.07) is 5.85. The molecule has 0 aliphatic heterocycles. The minimum atomic E-state index is 0.659. The number of aromatic nitrogens is 1. The molecule has 0 amide bonds. The molecule has 0 saturated heterocycles. The van der Waals surface area contributed by atoms with E-state index in [1.54, 1.807) is 0 Å². The van der Waals surface area contributed by atoms with Crippen molar-refractivity contribution in [2.45, 2.75) is 52.9 Å². The van der Waals surface area contributed by atoms with Gasteiger partial charge in [0.05, 0.1) is 6.61 Å². The van der Waals surface area contributed by atoms with Crippen LogP contribution < -0.4 is 10.1 Å². The third-order valence-corrected chi connectivity index (χ3v) is 3.03. The first-order valence-corrected chi connectivity index (χ1v) is 7.56. The van der Waals surface area contributed by atoms with Crippen LogP contribution in [0.4, 0.5) is 5.82 Å². The summed E-state index contributed by atoms with van der Waals surface area (Å²) in [4.78, 5) is 4.39. The lowest BCUT2D eigenvalue weighted by Gasteiger charge is -2.08. The lowest BCUT2D eigenvalue weighted by Crippen LogP contribution is -2.04. The Hall–Kier alpha value is -1.25. The summed E-state index contributed by atoms with van der Waals surface area (Å²) < 4.78 is 5.38. The van der Waals surface area contributed by atoms with Gasteiger partial charge in [0.1, 0.15) is 5.82 Å². The van der Waals surface area contributed by atoms with Crippen molar-refractivity contribution in [1.29, 1.82) is 0 Å². The van der Waals surface area contributed by atoms with Gasteiger partial charge in [-0.2, -0.15) is 4.98 Å². The van der Waals surface area contributed by atoms with E-state index in [2.05, 4.69) is 24.1 Å². The third kappa shape index (κ3) is 7.70. The summed E-state index contributed by atoms with van der Waals surface area (Å²) >= 11 is 0. The second kappa shape index (κ2) is 9.65. The quantitative estimate of drug-likeness (QED) is 0.632. The average molecular weight is 264 g/mol. The molecule has 108 valence electrons. The molecular formula is C16H28N2O. The molecular weight excluding hydrogens is 236 g/mol. The van der Waals surface area contributed by atoms with Crippen LogP contribution in [0.5, 0.6) is 5.88 Å². The predicted molar refractivity (Wildman–Crippen MR) is 81.8 cm³/mol. The second-order valence-corrected chi connectivity index (χ2v) is 5.32. The van der Waals surface area contributed by atoms with Crippen LogP contribution in [0.2, 0.25) is 0 Å². The van der Waals surface area contributed by atoms with Gasteiger partial charge in [-0.3, -0.25) is 0 Å². The fraction of sp³-hybridized carbons (Fsp3) is 0.688. The van der Waals surface area contributed by atoms with Crippen molar-refractivity contribution in [2.75, 3.05) is 18.5 Å². The third-order valence-electron chi connectivity index (χ3n) is 3.03.